The minimum Gasteiger partial charge on any atom is -0.480 e. The summed E-state index contributed by atoms with van der Waals surface area (Å²) in [6, 6.07) is -1.54. The molecule has 12 heteroatoms. The van der Waals surface area contributed by atoms with Crippen molar-refractivity contribution >= 4 is 25.7 Å². The Morgan fingerprint density at radius 1 is 0.552 bits per heavy atom. The molecule has 0 aliphatic heterocycles. The van der Waals surface area contributed by atoms with Crippen LogP contribution < -0.4 is 5.73 Å². The molecule has 0 saturated carbocycles. The van der Waals surface area contributed by atoms with Gasteiger partial charge in [-0.2, -0.15) is 0 Å². The van der Waals surface area contributed by atoms with E-state index in [9.17, 15) is 23.8 Å². The number of nitrogens with two attached hydrogens (primary N) is 1. The number of phosphoric ester groups is 1. The van der Waals surface area contributed by atoms with E-state index in [-0.39, 0.29) is 12.8 Å². The van der Waals surface area contributed by atoms with Crippen LogP contribution in [0.2, 0.25) is 0 Å². The van der Waals surface area contributed by atoms with E-state index in [0.717, 1.165) is 77.0 Å². The minimum atomic E-state index is -4.74. The van der Waals surface area contributed by atoms with E-state index in [2.05, 4.69) is 91.3 Å². The molecule has 0 bridgehead atoms. The van der Waals surface area contributed by atoms with E-state index < -0.39 is 57.7 Å². The zero-order valence-electron chi connectivity index (χ0n) is 35.6. The summed E-state index contributed by atoms with van der Waals surface area (Å²) in [7, 11) is -4.74. The zero-order chi connectivity index (χ0) is 42.8. The molecule has 0 rings (SSSR count). The number of carboxylic acid groups (broad SMARTS) is 1. The summed E-state index contributed by atoms with van der Waals surface area (Å²) in [4.78, 5) is 45.9. The molecule has 330 valence electrons. The topological polar surface area (TPSA) is 172 Å². The molecule has 4 N–H and O–H groups in total. The van der Waals surface area contributed by atoms with Crippen molar-refractivity contribution in [3.8, 4) is 0 Å². The minimum absolute atomic E-state index is 0.0906. The summed E-state index contributed by atoms with van der Waals surface area (Å²) in [6.07, 6.45) is 49.5. The van der Waals surface area contributed by atoms with E-state index in [4.69, 9.17) is 24.8 Å². The van der Waals surface area contributed by atoms with Crippen LogP contribution >= 0.6 is 7.82 Å². The molecule has 0 aromatic rings. The van der Waals surface area contributed by atoms with Crippen LogP contribution in [0.1, 0.15) is 155 Å². The van der Waals surface area contributed by atoms with Gasteiger partial charge in [0.2, 0.25) is 0 Å². The highest BCUT2D eigenvalue weighted by Gasteiger charge is 2.28. The van der Waals surface area contributed by atoms with Crippen molar-refractivity contribution in [2.75, 3.05) is 19.8 Å². The van der Waals surface area contributed by atoms with Gasteiger partial charge in [-0.15, -0.1) is 0 Å². The second kappa shape index (κ2) is 40.4. The summed E-state index contributed by atoms with van der Waals surface area (Å²) in [5.74, 6) is -2.51. The molecule has 58 heavy (non-hydrogen) atoms. The molecule has 0 radical (unpaired) electrons. The van der Waals surface area contributed by atoms with Crippen LogP contribution in [-0.2, 0) is 37.5 Å². The highest BCUT2D eigenvalue weighted by atomic mass is 31.2. The van der Waals surface area contributed by atoms with Crippen molar-refractivity contribution < 1.29 is 47.5 Å². The predicted molar refractivity (Wildman–Crippen MR) is 235 cm³/mol. The van der Waals surface area contributed by atoms with Crippen molar-refractivity contribution in [3.63, 3.8) is 0 Å². The van der Waals surface area contributed by atoms with Crippen LogP contribution in [0.3, 0.4) is 0 Å². The number of hydrogen-bond donors (Lipinski definition) is 3. The largest absolute Gasteiger partial charge is 0.480 e. The maximum absolute atomic E-state index is 12.6. The Morgan fingerprint density at radius 2 is 1.00 bits per heavy atom. The first-order valence-electron chi connectivity index (χ1n) is 21.6. The highest BCUT2D eigenvalue weighted by Crippen LogP contribution is 2.43. The average molecular weight is 834 g/mol. The van der Waals surface area contributed by atoms with Crippen LogP contribution in [0.15, 0.2) is 85.1 Å². The van der Waals surface area contributed by atoms with Crippen LogP contribution in [0, 0.1) is 0 Å². The number of phosphoric acid groups is 1. The van der Waals surface area contributed by atoms with E-state index in [0.29, 0.717) is 12.8 Å². The third-order valence-electron chi connectivity index (χ3n) is 8.64. The first kappa shape index (κ1) is 54.7. The second-order valence-corrected chi connectivity index (χ2v) is 15.5. The summed E-state index contributed by atoms with van der Waals surface area (Å²) < 4.78 is 32.6. The molecule has 0 aromatic heterocycles. The van der Waals surface area contributed by atoms with Gasteiger partial charge in [0.25, 0.3) is 0 Å². The average Bonchev–Trinajstić information content (AvgIpc) is 3.20. The number of unbranched alkanes of at least 4 members (excludes halogenated alkanes) is 11. The third-order valence-corrected chi connectivity index (χ3v) is 9.59. The standard InChI is InChI=1S/C46H76NO10P/c1-3-5-7-9-11-13-15-17-19-20-21-22-24-25-27-29-31-33-35-37-44(48)54-39-42(40-55-58(52,53)56-41-43(47)46(50)51)57-45(49)38-36-34-32-30-28-26-23-18-16-14-12-10-8-6-4-2/h5,7,11,13,17-19,21-23,25,27,31,33,42-43H,3-4,6,8-10,12,14-16,20,24,26,28-30,32,34-41,47H2,1-2H3,(H,50,51)(H,52,53)/b7-5+,13-11+,19-17+,22-21+,23-18+,27-25+,33-31+/t42-,43+/m1/s1. The van der Waals surface area contributed by atoms with E-state index in [1.165, 1.54) is 38.5 Å². The normalized spacial score (nSPS) is 14.6. The third kappa shape index (κ3) is 39.5. The van der Waals surface area contributed by atoms with Crippen LogP contribution in [-0.4, -0.2) is 59.9 Å². The molecule has 0 saturated heterocycles. The van der Waals surface area contributed by atoms with Crippen LogP contribution in [0.5, 0.6) is 0 Å². The second-order valence-electron chi connectivity index (χ2n) is 14.1. The van der Waals surface area contributed by atoms with Gasteiger partial charge in [0.1, 0.15) is 12.6 Å². The number of carbonyl (C=O) groups excluding carboxylic acids is 2. The summed E-state index contributed by atoms with van der Waals surface area (Å²) in [5.41, 5.74) is 5.33. The molecule has 0 amide bonds. The SMILES string of the molecule is CC/C=C/C/C=C/C/C=C/C/C=C/C/C=C/C/C=C/CCC(=O)OC[C@H](COP(=O)(O)OC[C@H](N)C(=O)O)OC(=O)CCCCCCC/C=C/CCCCCCCC. The number of rotatable bonds is 39. The summed E-state index contributed by atoms with van der Waals surface area (Å²) in [6.45, 7) is 2.58. The number of allylic oxidation sites excluding steroid dienone is 14. The maximum Gasteiger partial charge on any atom is 0.472 e. The maximum atomic E-state index is 12.6. The van der Waals surface area contributed by atoms with Gasteiger partial charge in [-0.05, 0) is 77.0 Å². The number of ether oxygens (including phenoxy) is 2. The monoisotopic (exact) mass is 834 g/mol. The zero-order valence-corrected chi connectivity index (χ0v) is 36.5. The molecule has 0 aliphatic carbocycles. The quantitative estimate of drug-likeness (QED) is 0.0233. The van der Waals surface area contributed by atoms with Crippen molar-refractivity contribution in [2.24, 2.45) is 5.73 Å². The van der Waals surface area contributed by atoms with Gasteiger partial charge in [-0.1, -0.05) is 150 Å². The van der Waals surface area contributed by atoms with Gasteiger partial charge in [0, 0.05) is 12.8 Å². The van der Waals surface area contributed by atoms with Gasteiger partial charge < -0.3 is 25.2 Å². The Balaban J connectivity index is 4.52. The van der Waals surface area contributed by atoms with Crippen molar-refractivity contribution in [3.05, 3.63) is 85.1 Å². The lowest BCUT2D eigenvalue weighted by Crippen LogP contribution is -2.34. The van der Waals surface area contributed by atoms with E-state index in [1.54, 1.807) is 0 Å². The number of aliphatic carboxylic acids is 1. The van der Waals surface area contributed by atoms with E-state index in [1.807, 2.05) is 12.2 Å². The molecule has 0 aromatic carbocycles. The fourth-order valence-electron chi connectivity index (χ4n) is 5.26. The number of esters is 2. The van der Waals surface area contributed by atoms with E-state index >= 15 is 0 Å². The summed E-state index contributed by atoms with van der Waals surface area (Å²) in [5, 5.41) is 8.89. The molecular weight excluding hydrogens is 757 g/mol. The molecular formula is C46H76NO10P. The van der Waals surface area contributed by atoms with Gasteiger partial charge in [-0.3, -0.25) is 23.4 Å². The lowest BCUT2D eigenvalue weighted by Gasteiger charge is -2.20. The Hall–Kier alpha value is -3.34. The molecule has 3 atom stereocenters. The Bertz CT molecular complexity index is 1300. The summed E-state index contributed by atoms with van der Waals surface area (Å²) >= 11 is 0. The molecule has 0 heterocycles. The lowest BCUT2D eigenvalue weighted by molar-refractivity contribution is -0.161. The Kier molecular flexibility index (Phi) is 38.1. The smallest absolute Gasteiger partial charge is 0.472 e. The van der Waals surface area contributed by atoms with Crippen molar-refractivity contribution in [1.29, 1.82) is 0 Å². The fraction of sp³-hybridized carbons (Fsp3) is 0.630. The predicted octanol–water partition coefficient (Wildman–Crippen LogP) is 11.5. The molecule has 0 spiro atoms. The van der Waals surface area contributed by atoms with Gasteiger partial charge in [0.05, 0.1) is 13.2 Å². The first-order chi connectivity index (χ1) is 28.1. The fourth-order valence-corrected chi connectivity index (χ4v) is 6.04. The van der Waals surface area contributed by atoms with Gasteiger partial charge in [-0.25, -0.2) is 4.57 Å². The van der Waals surface area contributed by atoms with Crippen LogP contribution in [0.4, 0.5) is 0 Å². The number of hydrogen-bond acceptors (Lipinski definition) is 9. The van der Waals surface area contributed by atoms with Crippen molar-refractivity contribution in [2.45, 2.75) is 167 Å². The van der Waals surface area contributed by atoms with Gasteiger partial charge in [0.15, 0.2) is 6.10 Å². The molecule has 0 fully saturated rings. The first-order valence-corrected chi connectivity index (χ1v) is 23.1. The number of carboxylic acids is 1. The Labute approximate surface area is 350 Å². The molecule has 11 nitrogen and oxygen atoms in total. The van der Waals surface area contributed by atoms with Crippen molar-refractivity contribution in [1.82, 2.24) is 0 Å². The molecule has 1 unspecified atom stereocenters. The molecule has 0 aliphatic rings. The Morgan fingerprint density at radius 3 is 1.52 bits per heavy atom. The number of carbonyl (C=O) groups is 3. The van der Waals surface area contributed by atoms with Gasteiger partial charge >= 0.3 is 25.7 Å². The lowest BCUT2D eigenvalue weighted by atomic mass is 10.1. The van der Waals surface area contributed by atoms with Crippen LogP contribution in [0.25, 0.3) is 0 Å². The highest BCUT2D eigenvalue weighted by molar-refractivity contribution is 7.47.